The zero-order chi connectivity index (χ0) is 17.6. The average Bonchev–Trinajstić information content (AvgIpc) is 2.94. The Labute approximate surface area is 147 Å². The molecule has 1 aliphatic heterocycles. The van der Waals surface area contributed by atoms with Crippen LogP contribution in [0.5, 0.6) is 0 Å². The molecule has 0 unspecified atom stereocenters. The highest BCUT2D eigenvalue weighted by molar-refractivity contribution is 5.76. The molecule has 1 aromatic carbocycles. The van der Waals surface area contributed by atoms with E-state index in [2.05, 4.69) is 59.5 Å². The second kappa shape index (κ2) is 5.59. The van der Waals surface area contributed by atoms with E-state index in [1.54, 1.807) is 6.07 Å². The van der Waals surface area contributed by atoms with Crippen LogP contribution in [0.3, 0.4) is 0 Å². The first-order valence-electron chi connectivity index (χ1n) is 8.57. The molecule has 0 atom stereocenters. The van der Waals surface area contributed by atoms with Crippen LogP contribution in [0.25, 0.3) is 11.0 Å². The summed E-state index contributed by atoms with van der Waals surface area (Å²) in [6.07, 6.45) is 0. The number of hydrogen-bond donors (Lipinski definition) is 0. The second-order valence-corrected chi connectivity index (χ2v) is 7.60. The van der Waals surface area contributed by atoms with Crippen molar-refractivity contribution in [3.05, 3.63) is 54.0 Å². The van der Waals surface area contributed by atoms with Crippen LogP contribution in [0, 0.1) is 11.3 Å². The zero-order valence-electron chi connectivity index (χ0n) is 14.8. The van der Waals surface area contributed by atoms with Gasteiger partial charge in [0.25, 0.3) is 0 Å². The number of fused-ring (bicyclic) bond motifs is 1. The van der Waals surface area contributed by atoms with E-state index in [-0.39, 0.29) is 5.41 Å². The van der Waals surface area contributed by atoms with Gasteiger partial charge in [-0.2, -0.15) is 5.26 Å². The third kappa shape index (κ3) is 2.64. The number of nitriles is 1. The summed E-state index contributed by atoms with van der Waals surface area (Å²) in [5.41, 5.74) is 2.69. The summed E-state index contributed by atoms with van der Waals surface area (Å²) in [5, 5.41) is 9.04. The van der Waals surface area contributed by atoms with Crippen LogP contribution in [0.1, 0.15) is 38.3 Å². The summed E-state index contributed by atoms with van der Waals surface area (Å²) in [4.78, 5) is 11.5. The quantitative estimate of drug-likeness (QED) is 0.719. The van der Waals surface area contributed by atoms with Gasteiger partial charge in [0, 0.05) is 18.5 Å². The molecule has 3 heterocycles. The lowest BCUT2D eigenvalue weighted by atomic mass is 9.94. The van der Waals surface area contributed by atoms with Crippen LogP contribution in [-0.4, -0.2) is 27.6 Å². The Morgan fingerprint density at radius 2 is 1.80 bits per heavy atom. The van der Waals surface area contributed by atoms with E-state index in [1.807, 2.05) is 18.2 Å². The Kier molecular flexibility index (Phi) is 3.50. The van der Waals surface area contributed by atoms with Crippen molar-refractivity contribution in [1.29, 1.82) is 5.26 Å². The number of hydrogen-bond acceptors (Lipinski definition) is 4. The van der Waals surface area contributed by atoms with Crippen molar-refractivity contribution in [1.82, 2.24) is 14.5 Å². The third-order valence-electron chi connectivity index (χ3n) is 4.67. The molecule has 25 heavy (non-hydrogen) atoms. The van der Waals surface area contributed by atoms with Crippen LogP contribution in [-0.2, 0) is 5.41 Å². The molecule has 0 spiro atoms. The molecule has 1 fully saturated rings. The number of para-hydroxylation sites is 2. The van der Waals surface area contributed by atoms with Gasteiger partial charge in [0.15, 0.2) is 0 Å². The highest BCUT2D eigenvalue weighted by Gasteiger charge is 2.34. The number of pyridine rings is 1. The Morgan fingerprint density at radius 1 is 1.04 bits per heavy atom. The van der Waals surface area contributed by atoms with Gasteiger partial charge in [0.2, 0.25) is 0 Å². The fourth-order valence-electron chi connectivity index (χ4n) is 3.41. The molecular formula is C20H21N5. The molecule has 1 aliphatic rings. The van der Waals surface area contributed by atoms with Crippen LogP contribution in [0.4, 0.5) is 5.82 Å². The van der Waals surface area contributed by atoms with Crippen LogP contribution in [0.2, 0.25) is 0 Å². The molecule has 2 aromatic heterocycles. The Bertz CT molecular complexity index is 968. The Balaban J connectivity index is 1.67. The second-order valence-electron chi connectivity index (χ2n) is 7.60. The lowest BCUT2D eigenvalue weighted by molar-refractivity contribution is 0.371. The van der Waals surface area contributed by atoms with E-state index < -0.39 is 0 Å². The number of nitrogens with zero attached hydrogens (tertiary/aromatic N) is 5. The predicted molar refractivity (Wildman–Crippen MR) is 98.6 cm³/mol. The average molecular weight is 331 g/mol. The van der Waals surface area contributed by atoms with Gasteiger partial charge in [0.05, 0.1) is 17.1 Å². The highest BCUT2D eigenvalue weighted by atomic mass is 15.3. The normalized spacial score (nSPS) is 15.2. The molecule has 0 saturated carbocycles. The van der Waals surface area contributed by atoms with Crippen LogP contribution >= 0.6 is 0 Å². The highest BCUT2D eigenvalue weighted by Crippen LogP contribution is 2.34. The first kappa shape index (κ1) is 15.6. The van der Waals surface area contributed by atoms with Crippen molar-refractivity contribution >= 4 is 16.9 Å². The minimum Gasteiger partial charge on any atom is -0.352 e. The summed E-state index contributed by atoms with van der Waals surface area (Å²) in [7, 11) is 0. The van der Waals surface area contributed by atoms with Gasteiger partial charge in [0.1, 0.15) is 23.4 Å². The van der Waals surface area contributed by atoms with E-state index in [4.69, 9.17) is 10.2 Å². The van der Waals surface area contributed by atoms with Gasteiger partial charge in [-0.3, -0.25) is 0 Å². The summed E-state index contributed by atoms with van der Waals surface area (Å²) >= 11 is 0. The third-order valence-corrected chi connectivity index (χ3v) is 4.67. The fourth-order valence-corrected chi connectivity index (χ4v) is 3.41. The summed E-state index contributed by atoms with van der Waals surface area (Å²) in [5.74, 6) is 1.99. The summed E-state index contributed by atoms with van der Waals surface area (Å²) in [6, 6.07) is 16.4. The zero-order valence-corrected chi connectivity index (χ0v) is 14.8. The van der Waals surface area contributed by atoms with Gasteiger partial charge in [-0.05, 0) is 24.3 Å². The molecule has 0 aliphatic carbocycles. The number of imidazole rings is 1. The molecule has 1 saturated heterocycles. The lowest BCUT2D eigenvalue weighted by Crippen LogP contribution is -2.49. The smallest absolute Gasteiger partial charge is 0.142 e. The first-order valence-corrected chi connectivity index (χ1v) is 8.57. The maximum Gasteiger partial charge on any atom is 0.142 e. The van der Waals surface area contributed by atoms with Crippen molar-refractivity contribution in [3.8, 4) is 6.07 Å². The molecule has 5 heteroatoms. The van der Waals surface area contributed by atoms with Crippen molar-refractivity contribution in [2.24, 2.45) is 0 Å². The van der Waals surface area contributed by atoms with Crippen LogP contribution < -0.4 is 4.90 Å². The minimum atomic E-state index is -0.0155. The molecule has 0 N–H and O–H groups in total. The van der Waals surface area contributed by atoms with Gasteiger partial charge < -0.3 is 9.47 Å². The van der Waals surface area contributed by atoms with Crippen molar-refractivity contribution in [3.63, 3.8) is 0 Å². The standard InChI is InChI=1S/C20H21N5/c1-20(2,3)19-23-16-8-4-5-9-17(16)25(19)15-12-24(13-15)18-10-6-7-14(11-21)22-18/h4-10,15H,12-13H2,1-3H3. The van der Waals surface area contributed by atoms with E-state index >= 15 is 0 Å². The first-order chi connectivity index (χ1) is 12.0. The molecular weight excluding hydrogens is 310 g/mol. The van der Waals surface area contributed by atoms with Crippen molar-refractivity contribution in [2.45, 2.75) is 32.2 Å². The number of anilines is 1. The number of rotatable bonds is 2. The molecule has 0 bridgehead atoms. The fraction of sp³-hybridized carbons (Fsp3) is 0.350. The summed E-state index contributed by atoms with van der Waals surface area (Å²) < 4.78 is 2.39. The van der Waals surface area contributed by atoms with Gasteiger partial charge >= 0.3 is 0 Å². The maximum absolute atomic E-state index is 9.04. The minimum absolute atomic E-state index is 0.0155. The maximum atomic E-state index is 9.04. The largest absolute Gasteiger partial charge is 0.352 e. The van der Waals surface area contributed by atoms with E-state index in [1.165, 1.54) is 5.52 Å². The molecule has 3 aromatic rings. The Hall–Kier alpha value is -2.87. The molecule has 4 rings (SSSR count). The van der Waals surface area contributed by atoms with Crippen LogP contribution in [0.15, 0.2) is 42.5 Å². The topological polar surface area (TPSA) is 57.7 Å². The Morgan fingerprint density at radius 3 is 2.52 bits per heavy atom. The number of benzene rings is 1. The van der Waals surface area contributed by atoms with E-state index in [0.29, 0.717) is 11.7 Å². The van der Waals surface area contributed by atoms with Crippen molar-refractivity contribution < 1.29 is 0 Å². The van der Waals surface area contributed by atoms with E-state index in [0.717, 1.165) is 30.2 Å². The molecule has 126 valence electrons. The monoisotopic (exact) mass is 331 g/mol. The number of aromatic nitrogens is 3. The van der Waals surface area contributed by atoms with Gasteiger partial charge in [-0.1, -0.05) is 39.0 Å². The SMILES string of the molecule is CC(C)(C)c1nc2ccccc2n1C1CN(c2cccc(C#N)n2)C1. The van der Waals surface area contributed by atoms with E-state index in [9.17, 15) is 0 Å². The molecule has 0 amide bonds. The molecule has 5 nitrogen and oxygen atoms in total. The lowest BCUT2D eigenvalue weighted by Gasteiger charge is -2.42. The summed E-state index contributed by atoms with van der Waals surface area (Å²) in [6.45, 7) is 8.38. The van der Waals surface area contributed by atoms with Crippen molar-refractivity contribution in [2.75, 3.05) is 18.0 Å². The van der Waals surface area contributed by atoms with Gasteiger partial charge in [-0.25, -0.2) is 9.97 Å². The van der Waals surface area contributed by atoms with Gasteiger partial charge in [-0.15, -0.1) is 0 Å². The predicted octanol–water partition coefficient (Wildman–Crippen LogP) is 3.66. The molecule has 0 radical (unpaired) electrons.